The van der Waals surface area contributed by atoms with Gasteiger partial charge in [-0.2, -0.15) is 0 Å². The monoisotopic (exact) mass is 367 g/mol. The Morgan fingerprint density at radius 3 is 2.46 bits per heavy atom. The fourth-order valence-electron chi connectivity index (χ4n) is 2.00. The summed E-state index contributed by atoms with van der Waals surface area (Å²) in [5.41, 5.74) is 1.34. The third-order valence-corrected chi connectivity index (χ3v) is 5.24. The van der Waals surface area contributed by atoms with E-state index in [9.17, 15) is 8.42 Å². The highest BCUT2D eigenvalue weighted by Crippen LogP contribution is 2.25. The first-order valence-corrected chi connectivity index (χ1v) is 8.85. The maximum atomic E-state index is 12.3. The predicted octanol–water partition coefficient (Wildman–Crippen LogP) is 2.87. The van der Waals surface area contributed by atoms with Crippen molar-refractivity contribution in [3.63, 3.8) is 0 Å². The molecule has 0 atom stereocenters. The highest BCUT2D eigenvalue weighted by molar-refractivity contribution is 7.89. The molecule has 0 amide bonds. The lowest BCUT2D eigenvalue weighted by Gasteiger charge is -2.13. The molecular weight excluding hydrogens is 350 g/mol. The number of methoxy groups -OCH3 is 1. The van der Waals surface area contributed by atoms with Crippen molar-refractivity contribution in [1.82, 2.24) is 14.3 Å². The van der Waals surface area contributed by atoms with E-state index in [0.717, 1.165) is 10.00 Å². The van der Waals surface area contributed by atoms with E-state index in [2.05, 4.69) is 9.97 Å². The molecule has 128 valence electrons. The third kappa shape index (κ3) is 4.11. The number of aromatic nitrogens is 2. The molecule has 24 heavy (non-hydrogen) atoms. The van der Waals surface area contributed by atoms with Crippen molar-refractivity contribution in [3.8, 4) is 5.75 Å². The largest absolute Gasteiger partial charge is 0.496 e. The van der Waals surface area contributed by atoms with Gasteiger partial charge in [-0.05, 0) is 43.3 Å². The van der Waals surface area contributed by atoms with Crippen molar-refractivity contribution in [2.24, 2.45) is 0 Å². The van der Waals surface area contributed by atoms with E-state index in [-0.39, 0.29) is 4.90 Å². The standard InChI is InChI=1S/C16H18ClN3O3S/c1-11-9-15(17)19-16(18-11)8-5-12-10-13(6-7-14(12)23-4)24(21,22)20(2)3/h5-10H,1-4H3/b8-5+. The molecule has 0 unspecified atom stereocenters. The maximum absolute atomic E-state index is 12.3. The van der Waals surface area contributed by atoms with Gasteiger partial charge in [-0.1, -0.05) is 11.6 Å². The van der Waals surface area contributed by atoms with Gasteiger partial charge in [-0.15, -0.1) is 0 Å². The maximum Gasteiger partial charge on any atom is 0.242 e. The molecule has 8 heteroatoms. The van der Waals surface area contributed by atoms with Crippen molar-refractivity contribution in [2.45, 2.75) is 11.8 Å². The van der Waals surface area contributed by atoms with Gasteiger partial charge in [-0.25, -0.2) is 22.7 Å². The van der Waals surface area contributed by atoms with Gasteiger partial charge in [0.15, 0.2) is 5.82 Å². The van der Waals surface area contributed by atoms with Crippen LogP contribution in [0.4, 0.5) is 0 Å². The number of rotatable bonds is 5. The number of hydrogen-bond donors (Lipinski definition) is 0. The Hall–Kier alpha value is -1.96. The summed E-state index contributed by atoms with van der Waals surface area (Å²) >= 11 is 5.92. The Kier molecular flexibility index (Phi) is 5.58. The Balaban J connectivity index is 2.46. The van der Waals surface area contributed by atoms with Crippen LogP contribution >= 0.6 is 11.6 Å². The van der Waals surface area contributed by atoms with Gasteiger partial charge >= 0.3 is 0 Å². The van der Waals surface area contributed by atoms with Crippen LogP contribution in [0.3, 0.4) is 0 Å². The second kappa shape index (κ2) is 7.29. The van der Waals surface area contributed by atoms with Crippen LogP contribution in [0.1, 0.15) is 17.1 Å². The summed E-state index contributed by atoms with van der Waals surface area (Å²) in [7, 11) is 0.959. The zero-order valence-corrected chi connectivity index (χ0v) is 15.4. The fourth-order valence-corrected chi connectivity index (χ4v) is 3.19. The molecule has 1 aromatic carbocycles. The zero-order chi connectivity index (χ0) is 17.9. The van der Waals surface area contributed by atoms with Gasteiger partial charge < -0.3 is 4.74 Å². The van der Waals surface area contributed by atoms with Crippen LogP contribution in [-0.2, 0) is 10.0 Å². The number of hydrogen-bond acceptors (Lipinski definition) is 5. The first-order chi connectivity index (χ1) is 11.2. The number of nitrogens with zero attached hydrogens (tertiary/aromatic N) is 3. The number of halogens is 1. The average Bonchev–Trinajstić information content (AvgIpc) is 2.51. The van der Waals surface area contributed by atoms with Gasteiger partial charge in [0.1, 0.15) is 10.9 Å². The SMILES string of the molecule is COc1ccc(S(=O)(=O)N(C)C)cc1/C=C/c1nc(C)cc(Cl)n1. The molecule has 0 bridgehead atoms. The summed E-state index contributed by atoms with van der Waals surface area (Å²) in [6.45, 7) is 1.82. The van der Waals surface area contributed by atoms with Crippen LogP contribution in [-0.4, -0.2) is 43.9 Å². The Bertz CT molecular complexity index is 860. The smallest absolute Gasteiger partial charge is 0.242 e. The summed E-state index contributed by atoms with van der Waals surface area (Å²) in [6, 6.07) is 6.32. The molecule has 2 aromatic rings. The van der Waals surface area contributed by atoms with Crippen LogP contribution in [0.15, 0.2) is 29.2 Å². The molecule has 0 aliphatic rings. The van der Waals surface area contributed by atoms with Crippen LogP contribution in [0.5, 0.6) is 5.75 Å². The lowest BCUT2D eigenvalue weighted by Crippen LogP contribution is -2.22. The number of aryl methyl sites for hydroxylation is 1. The van der Waals surface area contributed by atoms with Crippen LogP contribution < -0.4 is 4.74 Å². The third-order valence-electron chi connectivity index (χ3n) is 3.23. The second-order valence-electron chi connectivity index (χ2n) is 5.21. The lowest BCUT2D eigenvalue weighted by atomic mass is 10.2. The van der Waals surface area contributed by atoms with Crippen molar-refractivity contribution >= 4 is 33.8 Å². The van der Waals surface area contributed by atoms with Crippen LogP contribution in [0, 0.1) is 6.92 Å². The van der Waals surface area contributed by atoms with Crippen LogP contribution in [0.2, 0.25) is 5.15 Å². The molecule has 0 saturated heterocycles. The molecule has 0 radical (unpaired) electrons. The molecule has 0 spiro atoms. The Labute approximate surface area is 146 Å². The minimum atomic E-state index is -3.53. The summed E-state index contributed by atoms with van der Waals surface area (Å²) < 4.78 is 31.0. The molecule has 2 rings (SSSR count). The van der Waals surface area contributed by atoms with Gasteiger partial charge in [0, 0.05) is 25.4 Å². The average molecular weight is 368 g/mol. The van der Waals surface area contributed by atoms with E-state index < -0.39 is 10.0 Å². The van der Waals surface area contributed by atoms with E-state index in [1.165, 1.54) is 27.3 Å². The van der Waals surface area contributed by atoms with Crippen molar-refractivity contribution in [3.05, 3.63) is 46.5 Å². The first-order valence-electron chi connectivity index (χ1n) is 7.04. The molecule has 0 aliphatic heterocycles. The summed E-state index contributed by atoms with van der Waals surface area (Å²) in [6.07, 6.45) is 3.35. The molecule has 1 heterocycles. The second-order valence-corrected chi connectivity index (χ2v) is 7.75. The van der Waals surface area contributed by atoms with Gasteiger partial charge in [0.05, 0.1) is 12.0 Å². The normalized spacial score (nSPS) is 12.1. The van der Waals surface area contributed by atoms with E-state index in [1.54, 1.807) is 30.4 Å². The molecule has 0 N–H and O–H groups in total. The first kappa shape index (κ1) is 18.4. The molecule has 0 fully saturated rings. The van der Waals surface area contributed by atoms with Crippen LogP contribution in [0.25, 0.3) is 12.2 Å². The summed E-state index contributed by atoms with van der Waals surface area (Å²) in [5, 5.41) is 0.345. The molecule has 6 nitrogen and oxygen atoms in total. The van der Waals surface area contributed by atoms with Crippen molar-refractivity contribution < 1.29 is 13.2 Å². The Morgan fingerprint density at radius 1 is 1.17 bits per heavy atom. The zero-order valence-electron chi connectivity index (χ0n) is 13.8. The van der Waals surface area contributed by atoms with E-state index in [4.69, 9.17) is 16.3 Å². The Morgan fingerprint density at radius 2 is 1.88 bits per heavy atom. The number of benzene rings is 1. The summed E-state index contributed by atoms with van der Waals surface area (Å²) in [5.74, 6) is 0.977. The van der Waals surface area contributed by atoms with Crippen molar-refractivity contribution in [1.29, 1.82) is 0 Å². The molecule has 1 aromatic heterocycles. The van der Waals surface area contributed by atoms with Gasteiger partial charge in [-0.3, -0.25) is 0 Å². The lowest BCUT2D eigenvalue weighted by molar-refractivity contribution is 0.413. The minimum Gasteiger partial charge on any atom is -0.496 e. The van der Waals surface area contributed by atoms with Crippen molar-refractivity contribution in [2.75, 3.05) is 21.2 Å². The van der Waals surface area contributed by atoms with E-state index in [0.29, 0.717) is 22.3 Å². The fraction of sp³-hybridized carbons (Fsp3) is 0.250. The molecule has 0 aliphatic carbocycles. The topological polar surface area (TPSA) is 72.4 Å². The van der Waals surface area contributed by atoms with E-state index in [1.807, 2.05) is 6.92 Å². The van der Waals surface area contributed by atoms with Gasteiger partial charge in [0.2, 0.25) is 10.0 Å². The predicted molar refractivity (Wildman–Crippen MR) is 94.6 cm³/mol. The molecule has 0 saturated carbocycles. The highest BCUT2D eigenvalue weighted by Gasteiger charge is 2.18. The number of sulfonamides is 1. The van der Waals surface area contributed by atoms with Gasteiger partial charge in [0.25, 0.3) is 0 Å². The molecular formula is C16H18ClN3O3S. The minimum absolute atomic E-state index is 0.177. The quantitative estimate of drug-likeness (QED) is 0.760. The number of ether oxygens (including phenoxy) is 1. The van der Waals surface area contributed by atoms with E-state index >= 15 is 0 Å². The highest BCUT2D eigenvalue weighted by atomic mass is 35.5. The summed E-state index contributed by atoms with van der Waals surface area (Å²) in [4.78, 5) is 8.54.